The van der Waals surface area contributed by atoms with Crippen LogP contribution in [0.15, 0.2) is 113 Å². The van der Waals surface area contributed by atoms with Crippen LogP contribution in [0.1, 0.15) is 35.8 Å². The van der Waals surface area contributed by atoms with Crippen LogP contribution in [0.4, 0.5) is 0 Å². The smallest absolute Gasteiger partial charge is 0.330 e. The fourth-order valence-corrected chi connectivity index (χ4v) is 5.28. The van der Waals surface area contributed by atoms with Crippen LogP contribution in [-0.2, 0) is 24.6 Å². The first-order chi connectivity index (χ1) is 19.0. The second-order valence-corrected chi connectivity index (χ2v) is 9.51. The summed E-state index contributed by atoms with van der Waals surface area (Å²) in [6, 6.07) is 31.2. The Balaban J connectivity index is 1.53. The standard InChI is InChI=1S/C31H30N2O6/c1-37-29(35)20-22-19-28(33-18-17-27(34)32-30(33)36)39-26(22)21-38-31(23-11-5-2-6-12-23,24-13-7-3-8-14-24)25-15-9-4-10-16-25/h2-18,22,26,28H,19-21H2,1H3,(H,32,34,36)/t22-,26+,28+/m0/s1. The van der Waals surface area contributed by atoms with Crippen LogP contribution in [-0.4, -0.2) is 35.3 Å². The molecule has 1 N–H and O–H groups in total. The fourth-order valence-electron chi connectivity index (χ4n) is 5.28. The molecule has 1 saturated heterocycles. The first-order valence-electron chi connectivity index (χ1n) is 12.9. The van der Waals surface area contributed by atoms with Gasteiger partial charge in [0.2, 0.25) is 0 Å². The second kappa shape index (κ2) is 11.6. The number of aromatic nitrogens is 2. The molecule has 8 nitrogen and oxygen atoms in total. The number of ether oxygens (including phenoxy) is 3. The average molecular weight is 527 g/mol. The first kappa shape index (κ1) is 26.3. The molecular weight excluding hydrogens is 496 g/mol. The van der Waals surface area contributed by atoms with Crippen LogP contribution in [0, 0.1) is 5.92 Å². The number of esters is 1. The van der Waals surface area contributed by atoms with E-state index < -0.39 is 29.2 Å². The van der Waals surface area contributed by atoms with Gasteiger partial charge in [0.15, 0.2) is 0 Å². The lowest BCUT2D eigenvalue weighted by Gasteiger charge is -2.37. The maximum absolute atomic E-state index is 12.5. The summed E-state index contributed by atoms with van der Waals surface area (Å²) in [7, 11) is 1.35. The molecule has 1 aliphatic rings. The number of carbonyl (C=O) groups is 1. The van der Waals surface area contributed by atoms with Crippen LogP contribution in [0.25, 0.3) is 0 Å². The number of nitrogens with zero attached hydrogens (tertiary/aromatic N) is 1. The highest BCUT2D eigenvalue weighted by Crippen LogP contribution is 2.42. The van der Waals surface area contributed by atoms with Gasteiger partial charge in [0.1, 0.15) is 11.8 Å². The second-order valence-electron chi connectivity index (χ2n) is 9.51. The number of carbonyl (C=O) groups excluding carboxylic acids is 1. The van der Waals surface area contributed by atoms with Gasteiger partial charge in [-0.05, 0) is 23.1 Å². The fraction of sp³-hybridized carbons (Fsp3) is 0.258. The summed E-state index contributed by atoms with van der Waals surface area (Å²) >= 11 is 0. The Morgan fingerprint density at radius 2 is 1.44 bits per heavy atom. The zero-order valence-corrected chi connectivity index (χ0v) is 21.6. The largest absolute Gasteiger partial charge is 0.469 e. The Bertz CT molecular complexity index is 1400. The third kappa shape index (κ3) is 5.48. The van der Waals surface area contributed by atoms with E-state index in [-0.39, 0.29) is 24.9 Å². The number of methoxy groups -OCH3 is 1. The van der Waals surface area contributed by atoms with Crippen molar-refractivity contribution in [1.82, 2.24) is 9.55 Å². The predicted octanol–water partition coefficient (Wildman–Crippen LogP) is 4.01. The third-order valence-corrected chi connectivity index (χ3v) is 7.19. The van der Waals surface area contributed by atoms with Gasteiger partial charge < -0.3 is 14.2 Å². The predicted molar refractivity (Wildman–Crippen MR) is 145 cm³/mol. The van der Waals surface area contributed by atoms with Crippen molar-refractivity contribution in [3.63, 3.8) is 0 Å². The van der Waals surface area contributed by atoms with Crippen molar-refractivity contribution in [3.05, 3.63) is 141 Å². The zero-order chi connectivity index (χ0) is 27.2. The molecule has 3 atom stereocenters. The molecule has 0 amide bonds. The van der Waals surface area contributed by atoms with Gasteiger partial charge >= 0.3 is 11.7 Å². The molecule has 0 spiro atoms. The highest BCUT2D eigenvalue weighted by Gasteiger charge is 2.43. The molecule has 0 aliphatic carbocycles. The Labute approximate surface area is 225 Å². The van der Waals surface area contributed by atoms with Gasteiger partial charge in [-0.3, -0.25) is 19.1 Å². The minimum absolute atomic E-state index is 0.105. The quantitative estimate of drug-likeness (QED) is 0.261. The SMILES string of the molecule is COC(=O)C[C@@H]1C[C@H](n2ccc(=O)[nH]c2=O)O[C@@H]1COC(c1ccccc1)(c1ccccc1)c1ccccc1. The van der Waals surface area contributed by atoms with E-state index in [1.165, 1.54) is 23.9 Å². The molecular formula is C31H30N2O6. The Morgan fingerprint density at radius 3 is 1.92 bits per heavy atom. The number of rotatable bonds is 9. The van der Waals surface area contributed by atoms with Crippen molar-refractivity contribution >= 4 is 5.97 Å². The summed E-state index contributed by atoms with van der Waals surface area (Å²) in [6.45, 7) is 0.134. The number of hydrogen-bond acceptors (Lipinski definition) is 6. The molecule has 39 heavy (non-hydrogen) atoms. The van der Waals surface area contributed by atoms with E-state index in [4.69, 9.17) is 14.2 Å². The average Bonchev–Trinajstić information content (AvgIpc) is 3.37. The van der Waals surface area contributed by atoms with Gasteiger partial charge in [0.25, 0.3) is 5.56 Å². The molecule has 0 unspecified atom stereocenters. The molecule has 0 saturated carbocycles. The number of hydrogen-bond donors (Lipinski definition) is 1. The van der Waals surface area contributed by atoms with Gasteiger partial charge in [-0.2, -0.15) is 0 Å². The highest BCUT2D eigenvalue weighted by molar-refractivity contribution is 5.69. The molecule has 0 radical (unpaired) electrons. The summed E-state index contributed by atoms with van der Waals surface area (Å²) in [6.07, 6.45) is 0.700. The third-order valence-electron chi connectivity index (χ3n) is 7.19. The molecule has 8 heteroatoms. The van der Waals surface area contributed by atoms with E-state index >= 15 is 0 Å². The summed E-state index contributed by atoms with van der Waals surface area (Å²) < 4.78 is 19.5. The number of nitrogens with one attached hydrogen (secondary N) is 1. The molecule has 5 rings (SSSR count). The summed E-state index contributed by atoms with van der Waals surface area (Å²) in [5.41, 5.74) is 0.808. The van der Waals surface area contributed by atoms with E-state index in [9.17, 15) is 14.4 Å². The van der Waals surface area contributed by atoms with Crippen molar-refractivity contribution in [2.45, 2.75) is 30.8 Å². The molecule has 1 fully saturated rings. The van der Waals surface area contributed by atoms with E-state index in [2.05, 4.69) is 4.98 Å². The Morgan fingerprint density at radius 1 is 0.897 bits per heavy atom. The molecule has 3 aromatic carbocycles. The van der Waals surface area contributed by atoms with Crippen LogP contribution >= 0.6 is 0 Å². The van der Waals surface area contributed by atoms with Gasteiger partial charge in [0.05, 0.1) is 26.2 Å². The first-order valence-corrected chi connectivity index (χ1v) is 12.9. The van der Waals surface area contributed by atoms with E-state index in [0.29, 0.717) is 6.42 Å². The van der Waals surface area contributed by atoms with Crippen molar-refractivity contribution in [3.8, 4) is 0 Å². The van der Waals surface area contributed by atoms with E-state index in [1.54, 1.807) is 0 Å². The van der Waals surface area contributed by atoms with Gasteiger partial charge in [-0.1, -0.05) is 91.0 Å². The van der Waals surface area contributed by atoms with Crippen LogP contribution in [0.2, 0.25) is 0 Å². The van der Waals surface area contributed by atoms with Crippen molar-refractivity contribution < 1.29 is 19.0 Å². The zero-order valence-electron chi connectivity index (χ0n) is 21.6. The van der Waals surface area contributed by atoms with Crippen LogP contribution < -0.4 is 11.2 Å². The molecule has 4 aromatic rings. The van der Waals surface area contributed by atoms with Gasteiger partial charge in [0, 0.05) is 18.2 Å². The normalized spacial score (nSPS) is 19.1. The number of H-pyrrole nitrogens is 1. The molecule has 1 aromatic heterocycles. The van der Waals surface area contributed by atoms with Crippen molar-refractivity contribution in [2.75, 3.05) is 13.7 Å². The summed E-state index contributed by atoms with van der Waals surface area (Å²) in [5.74, 6) is -0.648. The maximum atomic E-state index is 12.5. The minimum Gasteiger partial charge on any atom is -0.469 e. The lowest BCUT2D eigenvalue weighted by atomic mass is 9.80. The highest BCUT2D eigenvalue weighted by atomic mass is 16.6. The summed E-state index contributed by atoms with van der Waals surface area (Å²) in [4.78, 5) is 38.7. The maximum Gasteiger partial charge on any atom is 0.330 e. The minimum atomic E-state index is -0.962. The number of aromatic amines is 1. The lowest BCUT2D eigenvalue weighted by Crippen LogP contribution is -2.37. The van der Waals surface area contributed by atoms with Crippen LogP contribution in [0.5, 0.6) is 0 Å². The summed E-state index contributed by atoms with van der Waals surface area (Å²) in [5, 5.41) is 0. The van der Waals surface area contributed by atoms with Crippen molar-refractivity contribution in [1.29, 1.82) is 0 Å². The molecule has 1 aliphatic heterocycles. The van der Waals surface area contributed by atoms with Crippen molar-refractivity contribution in [2.24, 2.45) is 5.92 Å². The topological polar surface area (TPSA) is 99.6 Å². The molecule has 0 bridgehead atoms. The monoisotopic (exact) mass is 526 g/mol. The van der Waals surface area contributed by atoms with E-state index in [0.717, 1.165) is 16.7 Å². The molecule has 2 heterocycles. The lowest BCUT2D eigenvalue weighted by molar-refractivity contribution is -0.143. The Kier molecular flexibility index (Phi) is 7.86. The molecule has 200 valence electrons. The van der Waals surface area contributed by atoms with E-state index in [1.807, 2.05) is 91.0 Å². The number of benzene rings is 3. The van der Waals surface area contributed by atoms with Crippen LogP contribution in [0.3, 0.4) is 0 Å². The Hall–Kier alpha value is -4.27. The van der Waals surface area contributed by atoms with Gasteiger partial charge in [-0.25, -0.2) is 4.79 Å². The van der Waals surface area contributed by atoms with Gasteiger partial charge in [-0.15, -0.1) is 0 Å².